The number of amides is 1. The summed E-state index contributed by atoms with van der Waals surface area (Å²) in [5, 5.41) is 11.1. The molecule has 3 heterocycles. The first-order valence-corrected chi connectivity index (χ1v) is 11.1. The highest BCUT2D eigenvalue weighted by Crippen LogP contribution is 2.25. The van der Waals surface area contributed by atoms with Gasteiger partial charge in [0, 0.05) is 48.1 Å². The van der Waals surface area contributed by atoms with E-state index in [0.717, 1.165) is 35.6 Å². The van der Waals surface area contributed by atoms with Gasteiger partial charge >= 0.3 is 0 Å². The van der Waals surface area contributed by atoms with Crippen LogP contribution in [0.4, 0.5) is 5.69 Å². The number of fused-ring (bicyclic) bond motifs is 1. The molecule has 0 unspecified atom stereocenters. The summed E-state index contributed by atoms with van der Waals surface area (Å²) in [5.41, 5.74) is 4.05. The standard InChI is InChI=1S/C25H25N5O2/c31-22(10-6-11-23-28-29-25(32-23)19-7-2-1-3-8-19)27-20-14-12-18(13-15-20)24-26-17-21-9-4-5-16-30(21)24/h1-3,7-8,12-15,17H,4-6,9-11,16H2,(H,27,31). The molecule has 7 nitrogen and oxygen atoms in total. The maximum absolute atomic E-state index is 12.3. The average Bonchev–Trinajstić information content (AvgIpc) is 3.48. The van der Waals surface area contributed by atoms with Gasteiger partial charge in [-0.05, 0) is 62.1 Å². The Morgan fingerprint density at radius 3 is 2.69 bits per heavy atom. The first-order valence-electron chi connectivity index (χ1n) is 11.1. The molecule has 32 heavy (non-hydrogen) atoms. The first kappa shape index (κ1) is 20.2. The number of anilines is 1. The number of benzene rings is 2. The monoisotopic (exact) mass is 427 g/mol. The van der Waals surface area contributed by atoms with Crippen LogP contribution in [0.15, 0.2) is 65.2 Å². The van der Waals surface area contributed by atoms with Crippen molar-refractivity contribution in [3.8, 4) is 22.8 Å². The van der Waals surface area contributed by atoms with Crippen molar-refractivity contribution in [2.75, 3.05) is 5.32 Å². The fourth-order valence-corrected chi connectivity index (χ4v) is 4.04. The summed E-state index contributed by atoms with van der Waals surface area (Å²) < 4.78 is 8.00. The smallest absolute Gasteiger partial charge is 0.247 e. The number of hydrogen-bond acceptors (Lipinski definition) is 5. The van der Waals surface area contributed by atoms with Gasteiger partial charge in [0.1, 0.15) is 5.82 Å². The van der Waals surface area contributed by atoms with E-state index in [1.54, 1.807) is 0 Å². The summed E-state index contributed by atoms with van der Waals surface area (Å²) in [6, 6.07) is 17.6. The fraction of sp³-hybridized carbons (Fsp3) is 0.280. The molecule has 1 amide bonds. The quantitative estimate of drug-likeness (QED) is 0.453. The van der Waals surface area contributed by atoms with E-state index in [1.165, 1.54) is 18.5 Å². The number of hydrogen-bond donors (Lipinski definition) is 1. The first-order chi connectivity index (χ1) is 15.8. The molecule has 0 bridgehead atoms. The van der Waals surface area contributed by atoms with E-state index < -0.39 is 0 Å². The van der Waals surface area contributed by atoms with Crippen LogP contribution in [0.1, 0.15) is 37.3 Å². The molecule has 2 aromatic heterocycles. The lowest BCUT2D eigenvalue weighted by Crippen LogP contribution is -2.12. The van der Waals surface area contributed by atoms with Crippen LogP contribution in [0.3, 0.4) is 0 Å². The lowest BCUT2D eigenvalue weighted by Gasteiger charge is -2.16. The molecule has 1 aliphatic heterocycles. The second-order valence-corrected chi connectivity index (χ2v) is 8.03. The summed E-state index contributed by atoms with van der Waals surface area (Å²) in [4.78, 5) is 16.9. The van der Waals surface area contributed by atoms with E-state index in [2.05, 4.69) is 25.1 Å². The number of rotatable bonds is 7. The molecule has 0 atom stereocenters. The molecule has 0 aliphatic carbocycles. The van der Waals surface area contributed by atoms with Gasteiger partial charge in [-0.2, -0.15) is 0 Å². The van der Waals surface area contributed by atoms with Crippen LogP contribution in [0, 0.1) is 0 Å². The maximum Gasteiger partial charge on any atom is 0.247 e. The van der Waals surface area contributed by atoms with Gasteiger partial charge in [-0.25, -0.2) is 4.98 Å². The van der Waals surface area contributed by atoms with Gasteiger partial charge in [-0.3, -0.25) is 4.79 Å². The third kappa shape index (κ3) is 4.46. The predicted octanol–water partition coefficient (Wildman–Crippen LogP) is 4.90. The van der Waals surface area contributed by atoms with Crippen molar-refractivity contribution in [2.24, 2.45) is 0 Å². The highest BCUT2D eigenvalue weighted by molar-refractivity contribution is 5.90. The second-order valence-electron chi connectivity index (χ2n) is 8.03. The number of nitrogens with zero attached hydrogens (tertiary/aromatic N) is 4. The fourth-order valence-electron chi connectivity index (χ4n) is 4.04. The lowest BCUT2D eigenvalue weighted by molar-refractivity contribution is -0.116. The molecular formula is C25H25N5O2. The predicted molar refractivity (Wildman–Crippen MR) is 122 cm³/mol. The van der Waals surface area contributed by atoms with Crippen LogP contribution in [-0.2, 0) is 24.2 Å². The molecule has 0 saturated carbocycles. The zero-order valence-corrected chi connectivity index (χ0v) is 17.8. The minimum atomic E-state index is -0.0289. The SMILES string of the molecule is O=C(CCCc1nnc(-c2ccccc2)o1)Nc1ccc(-c2ncc3n2CCCC3)cc1. The number of aryl methyl sites for hydroxylation is 2. The summed E-state index contributed by atoms with van der Waals surface area (Å²) >= 11 is 0. The maximum atomic E-state index is 12.3. The molecule has 0 radical (unpaired) electrons. The lowest BCUT2D eigenvalue weighted by atomic mass is 10.1. The van der Waals surface area contributed by atoms with Crippen molar-refractivity contribution in [3.05, 3.63) is 72.4 Å². The summed E-state index contributed by atoms with van der Waals surface area (Å²) in [5.74, 6) is 2.03. The highest BCUT2D eigenvalue weighted by Gasteiger charge is 2.15. The van der Waals surface area contributed by atoms with E-state index in [4.69, 9.17) is 4.42 Å². The van der Waals surface area contributed by atoms with Gasteiger partial charge < -0.3 is 14.3 Å². The number of aromatic nitrogens is 4. The van der Waals surface area contributed by atoms with Crippen molar-refractivity contribution >= 4 is 11.6 Å². The number of carbonyl (C=O) groups excluding carboxylic acids is 1. The Balaban J connectivity index is 1.12. The van der Waals surface area contributed by atoms with Crippen LogP contribution in [0.5, 0.6) is 0 Å². The zero-order chi connectivity index (χ0) is 21.8. The third-order valence-corrected chi connectivity index (χ3v) is 5.71. The minimum absolute atomic E-state index is 0.0289. The Bertz CT molecular complexity index is 1190. The Labute approximate surface area is 186 Å². The van der Waals surface area contributed by atoms with E-state index in [1.807, 2.05) is 60.8 Å². The van der Waals surface area contributed by atoms with E-state index >= 15 is 0 Å². The highest BCUT2D eigenvalue weighted by atomic mass is 16.4. The van der Waals surface area contributed by atoms with Gasteiger partial charge in [0.2, 0.25) is 17.7 Å². The van der Waals surface area contributed by atoms with Crippen LogP contribution in [0.2, 0.25) is 0 Å². The van der Waals surface area contributed by atoms with Crippen LogP contribution < -0.4 is 5.32 Å². The van der Waals surface area contributed by atoms with Gasteiger partial charge in [-0.1, -0.05) is 18.2 Å². The summed E-state index contributed by atoms with van der Waals surface area (Å²) in [7, 11) is 0. The molecule has 1 aliphatic rings. The molecule has 1 N–H and O–H groups in total. The van der Waals surface area contributed by atoms with Crippen molar-refractivity contribution in [2.45, 2.75) is 45.1 Å². The number of imidazole rings is 1. The summed E-state index contributed by atoms with van der Waals surface area (Å²) in [6.07, 6.45) is 7.10. The Kier molecular flexibility index (Phi) is 5.79. The molecule has 0 spiro atoms. The Morgan fingerprint density at radius 2 is 1.84 bits per heavy atom. The molecule has 5 rings (SSSR count). The third-order valence-electron chi connectivity index (χ3n) is 5.71. The van der Waals surface area contributed by atoms with Crippen LogP contribution in [0.25, 0.3) is 22.8 Å². The normalized spacial score (nSPS) is 13.0. The summed E-state index contributed by atoms with van der Waals surface area (Å²) in [6.45, 7) is 1.02. The molecular weight excluding hydrogens is 402 g/mol. The molecule has 7 heteroatoms. The van der Waals surface area contributed by atoms with Crippen LogP contribution in [-0.4, -0.2) is 25.7 Å². The molecule has 0 saturated heterocycles. The number of nitrogens with one attached hydrogen (secondary N) is 1. The largest absolute Gasteiger partial charge is 0.421 e. The molecule has 0 fully saturated rings. The van der Waals surface area contributed by atoms with E-state index in [0.29, 0.717) is 31.0 Å². The van der Waals surface area contributed by atoms with Crippen molar-refractivity contribution in [3.63, 3.8) is 0 Å². The average molecular weight is 428 g/mol. The molecule has 4 aromatic rings. The zero-order valence-electron chi connectivity index (χ0n) is 17.8. The van der Waals surface area contributed by atoms with Crippen LogP contribution >= 0.6 is 0 Å². The Hall–Kier alpha value is -3.74. The van der Waals surface area contributed by atoms with Gasteiger partial charge in [-0.15, -0.1) is 10.2 Å². The van der Waals surface area contributed by atoms with E-state index in [9.17, 15) is 4.79 Å². The van der Waals surface area contributed by atoms with Crippen molar-refractivity contribution in [1.29, 1.82) is 0 Å². The van der Waals surface area contributed by atoms with Gasteiger partial charge in [0.05, 0.1) is 0 Å². The topological polar surface area (TPSA) is 85.8 Å². The Morgan fingerprint density at radius 1 is 1.00 bits per heavy atom. The molecule has 162 valence electrons. The second kappa shape index (κ2) is 9.18. The van der Waals surface area contributed by atoms with E-state index in [-0.39, 0.29) is 5.91 Å². The van der Waals surface area contributed by atoms with Gasteiger partial charge in [0.15, 0.2) is 0 Å². The van der Waals surface area contributed by atoms with Crippen molar-refractivity contribution < 1.29 is 9.21 Å². The molecule has 2 aromatic carbocycles. The van der Waals surface area contributed by atoms with Crippen molar-refractivity contribution in [1.82, 2.24) is 19.7 Å². The van der Waals surface area contributed by atoms with Gasteiger partial charge in [0.25, 0.3) is 0 Å². The number of carbonyl (C=O) groups is 1. The minimum Gasteiger partial charge on any atom is -0.421 e.